The summed E-state index contributed by atoms with van der Waals surface area (Å²) in [5.41, 5.74) is -0.570. The van der Waals surface area contributed by atoms with E-state index in [9.17, 15) is 55.5 Å². The van der Waals surface area contributed by atoms with Gasteiger partial charge in [-0.2, -0.15) is 0 Å². The molecule has 16 nitrogen and oxygen atoms in total. The number of aromatic hydroxyl groups is 1. The molecule has 2 saturated heterocycles. The second-order valence-electron chi connectivity index (χ2n) is 9.93. The Balaban J connectivity index is 1.62. The third-order valence-corrected chi connectivity index (χ3v) is 7.11. The van der Waals surface area contributed by atoms with Crippen molar-refractivity contribution in [3.63, 3.8) is 0 Å². The minimum atomic E-state index is -2.06. The lowest BCUT2D eigenvalue weighted by Crippen LogP contribution is -2.61. The van der Waals surface area contributed by atoms with E-state index >= 15 is 0 Å². The van der Waals surface area contributed by atoms with Gasteiger partial charge in [-0.25, -0.2) is 4.79 Å². The number of carboxylic acid groups (broad SMARTS) is 1. The molecule has 3 aromatic rings. The van der Waals surface area contributed by atoms with Crippen molar-refractivity contribution in [1.29, 1.82) is 0 Å². The van der Waals surface area contributed by atoms with Gasteiger partial charge in [0.25, 0.3) is 0 Å². The second-order valence-corrected chi connectivity index (χ2v) is 9.93. The molecule has 2 aromatic carbocycles. The molecule has 2 aliphatic heterocycles. The maximum Gasteiger partial charge on any atom is 0.335 e. The van der Waals surface area contributed by atoms with Crippen molar-refractivity contribution in [3.05, 3.63) is 52.7 Å². The zero-order chi connectivity index (χ0) is 31.2. The Bertz CT molecular complexity index is 1520. The zero-order valence-electron chi connectivity index (χ0n) is 21.9. The molecule has 3 heterocycles. The largest absolute Gasteiger partial charge is 0.504 e. The number of hydrogen-bond donors (Lipinski definition) is 9. The van der Waals surface area contributed by atoms with Crippen LogP contribution in [0.4, 0.5) is 0 Å². The number of carbonyl (C=O) groups is 1. The summed E-state index contributed by atoms with van der Waals surface area (Å²) in [6.45, 7) is -0.817. The molecule has 2 fully saturated rings. The number of carboxylic acids is 1. The number of aliphatic hydroxyl groups excluding tert-OH is 7. The molecule has 0 aliphatic carbocycles. The standard InChI is InChI=1S/C27H28O16/c28-8-14-16(30)18(32)21(35)27(41-14)42-23-13(40-26-22(36)19(33)20(34)24(43-26)25(37)38)7-12-15(17(23)31)10(29)6-11(39-12)9-4-2-1-3-5-9/h1-7,14,16,18-22,24,26-28,30-36H,8H2,(H,37,38). The van der Waals surface area contributed by atoms with E-state index in [1.807, 2.05) is 0 Å². The Morgan fingerprint density at radius 2 is 1.44 bits per heavy atom. The maximum atomic E-state index is 13.2. The lowest BCUT2D eigenvalue weighted by Gasteiger charge is -2.40. The Kier molecular flexibility index (Phi) is 8.57. The molecule has 0 spiro atoms. The van der Waals surface area contributed by atoms with Gasteiger partial charge in [-0.1, -0.05) is 30.3 Å². The SMILES string of the molecule is O=C(O)C1OC(Oc2cc3oc(-c4ccccc4)cc(=O)c3c(O)c2OC2OC(CO)C(O)C(O)C2O)C(O)C(O)C1O. The summed E-state index contributed by atoms with van der Waals surface area (Å²) in [4.78, 5) is 24.7. The average Bonchev–Trinajstić information content (AvgIpc) is 2.99. The summed E-state index contributed by atoms with van der Waals surface area (Å²) < 4.78 is 27.5. The van der Waals surface area contributed by atoms with Crippen molar-refractivity contribution in [3.8, 4) is 28.6 Å². The number of aliphatic hydroxyl groups is 7. The lowest BCUT2D eigenvalue weighted by molar-refractivity contribution is -0.280. The van der Waals surface area contributed by atoms with Crippen LogP contribution in [0.1, 0.15) is 0 Å². The summed E-state index contributed by atoms with van der Waals surface area (Å²) in [5, 5.41) is 91.2. The topological polar surface area (TPSA) is 266 Å². The van der Waals surface area contributed by atoms with Gasteiger partial charge in [0, 0.05) is 17.7 Å². The predicted octanol–water partition coefficient (Wildman–Crippen LogP) is -2.38. The van der Waals surface area contributed by atoms with Gasteiger partial charge in [0.1, 0.15) is 59.5 Å². The van der Waals surface area contributed by atoms with E-state index in [2.05, 4.69) is 0 Å². The van der Waals surface area contributed by atoms with Crippen LogP contribution >= 0.6 is 0 Å². The van der Waals surface area contributed by atoms with Gasteiger partial charge in [0.2, 0.25) is 18.3 Å². The normalized spacial score (nSPS) is 32.8. The highest BCUT2D eigenvalue weighted by molar-refractivity contribution is 5.89. The zero-order valence-corrected chi connectivity index (χ0v) is 21.9. The van der Waals surface area contributed by atoms with Gasteiger partial charge >= 0.3 is 5.97 Å². The summed E-state index contributed by atoms with van der Waals surface area (Å²) in [7, 11) is 0. The third-order valence-electron chi connectivity index (χ3n) is 7.11. The van der Waals surface area contributed by atoms with Crippen LogP contribution in [0.25, 0.3) is 22.3 Å². The number of phenols is 1. The molecule has 0 saturated carbocycles. The van der Waals surface area contributed by atoms with E-state index in [1.165, 1.54) is 0 Å². The van der Waals surface area contributed by atoms with Crippen molar-refractivity contribution in [1.82, 2.24) is 0 Å². The van der Waals surface area contributed by atoms with Crippen molar-refractivity contribution in [2.45, 2.75) is 61.4 Å². The second kappa shape index (κ2) is 12.0. The van der Waals surface area contributed by atoms with E-state index < -0.39 is 102 Å². The van der Waals surface area contributed by atoms with Crippen LogP contribution in [0, 0.1) is 0 Å². The smallest absolute Gasteiger partial charge is 0.335 e. The van der Waals surface area contributed by atoms with Gasteiger partial charge in [-0.05, 0) is 0 Å². The van der Waals surface area contributed by atoms with Crippen molar-refractivity contribution < 1.29 is 74.1 Å². The number of rotatable bonds is 7. The van der Waals surface area contributed by atoms with Gasteiger partial charge < -0.3 is 69.3 Å². The molecule has 5 rings (SSSR count). The molecule has 16 heteroatoms. The fraction of sp³-hybridized carbons (Fsp3) is 0.407. The van der Waals surface area contributed by atoms with Gasteiger partial charge in [0.15, 0.2) is 23.0 Å². The molecule has 0 radical (unpaired) electrons. The molecule has 0 amide bonds. The first kappa shape index (κ1) is 30.6. The summed E-state index contributed by atoms with van der Waals surface area (Å²) in [6, 6.07) is 10.5. The number of ether oxygens (including phenoxy) is 4. The molecule has 10 unspecified atom stereocenters. The van der Waals surface area contributed by atoms with E-state index in [-0.39, 0.29) is 11.3 Å². The fourth-order valence-electron chi connectivity index (χ4n) is 4.76. The number of hydrogen-bond acceptors (Lipinski definition) is 15. The molecule has 43 heavy (non-hydrogen) atoms. The minimum Gasteiger partial charge on any atom is -0.504 e. The lowest BCUT2D eigenvalue weighted by atomic mass is 9.99. The molecular weight excluding hydrogens is 580 g/mol. The number of fused-ring (bicyclic) bond motifs is 1. The van der Waals surface area contributed by atoms with Crippen LogP contribution in [0.2, 0.25) is 0 Å². The quantitative estimate of drug-likeness (QED) is 0.135. The number of aliphatic carboxylic acids is 1. The van der Waals surface area contributed by atoms with Crippen molar-refractivity contribution in [2.24, 2.45) is 0 Å². The first-order chi connectivity index (χ1) is 20.4. The van der Waals surface area contributed by atoms with E-state index in [0.29, 0.717) is 5.56 Å². The van der Waals surface area contributed by atoms with Crippen molar-refractivity contribution >= 4 is 16.9 Å². The predicted molar refractivity (Wildman–Crippen MR) is 139 cm³/mol. The van der Waals surface area contributed by atoms with E-state index in [0.717, 1.165) is 12.1 Å². The Labute approximate surface area is 240 Å². The van der Waals surface area contributed by atoms with Gasteiger partial charge in [-0.3, -0.25) is 4.79 Å². The van der Waals surface area contributed by atoms with Crippen LogP contribution in [0.15, 0.2) is 51.7 Å². The third kappa shape index (κ3) is 5.63. The summed E-state index contributed by atoms with van der Waals surface area (Å²) in [6.07, 6.45) is -19.2. The van der Waals surface area contributed by atoms with Gasteiger partial charge in [0.05, 0.1) is 6.61 Å². The minimum absolute atomic E-state index is 0.0736. The molecular formula is C27H28O16. The summed E-state index contributed by atoms with van der Waals surface area (Å²) >= 11 is 0. The van der Waals surface area contributed by atoms with Crippen LogP contribution in [-0.4, -0.2) is 120 Å². The molecule has 1 aromatic heterocycles. The highest BCUT2D eigenvalue weighted by Crippen LogP contribution is 2.45. The highest BCUT2D eigenvalue weighted by atomic mass is 16.7. The monoisotopic (exact) mass is 608 g/mol. The summed E-state index contributed by atoms with van der Waals surface area (Å²) in [5.74, 6) is -3.94. The fourth-order valence-corrected chi connectivity index (χ4v) is 4.76. The van der Waals surface area contributed by atoms with Crippen LogP contribution in [0.3, 0.4) is 0 Å². The molecule has 0 bridgehead atoms. The Morgan fingerprint density at radius 1 is 0.814 bits per heavy atom. The Morgan fingerprint density at radius 3 is 2.07 bits per heavy atom. The molecule has 10 atom stereocenters. The molecule has 232 valence electrons. The first-order valence-electron chi connectivity index (χ1n) is 12.9. The van der Waals surface area contributed by atoms with Crippen LogP contribution < -0.4 is 14.9 Å². The number of phenolic OH excluding ortho intramolecular Hbond substituents is 1. The van der Waals surface area contributed by atoms with E-state index in [1.54, 1.807) is 30.3 Å². The average molecular weight is 609 g/mol. The molecule has 9 N–H and O–H groups in total. The van der Waals surface area contributed by atoms with Crippen LogP contribution in [-0.2, 0) is 14.3 Å². The highest BCUT2D eigenvalue weighted by Gasteiger charge is 2.49. The molecule has 2 aliphatic rings. The van der Waals surface area contributed by atoms with Gasteiger partial charge in [-0.15, -0.1) is 0 Å². The van der Waals surface area contributed by atoms with Crippen LogP contribution in [0.5, 0.6) is 17.2 Å². The Hall–Kier alpha value is -3.84. The van der Waals surface area contributed by atoms with Crippen molar-refractivity contribution in [2.75, 3.05) is 6.61 Å². The maximum absolute atomic E-state index is 13.2. The first-order valence-corrected chi connectivity index (χ1v) is 12.9. The van der Waals surface area contributed by atoms with E-state index in [4.69, 9.17) is 23.4 Å². The number of benzene rings is 2.